The highest BCUT2D eigenvalue weighted by Crippen LogP contribution is 2.16. The third-order valence-corrected chi connectivity index (χ3v) is 4.27. The number of benzene rings is 2. The van der Waals surface area contributed by atoms with Crippen LogP contribution in [0.15, 0.2) is 42.5 Å². The Morgan fingerprint density at radius 3 is 2.62 bits per heavy atom. The van der Waals surface area contributed by atoms with Gasteiger partial charge in [-0.25, -0.2) is 9.78 Å². The molecular weight excluding hydrogens is 330 g/mol. The summed E-state index contributed by atoms with van der Waals surface area (Å²) in [4.78, 5) is 28.1. The van der Waals surface area contributed by atoms with E-state index in [0.29, 0.717) is 18.5 Å². The minimum atomic E-state index is -1.04. The van der Waals surface area contributed by atoms with Crippen molar-refractivity contribution in [2.24, 2.45) is 0 Å². The number of rotatable bonds is 6. The molecule has 0 saturated heterocycles. The van der Waals surface area contributed by atoms with Crippen molar-refractivity contribution in [1.82, 2.24) is 14.9 Å². The van der Waals surface area contributed by atoms with E-state index in [2.05, 4.69) is 21.8 Å². The van der Waals surface area contributed by atoms with E-state index in [0.717, 1.165) is 29.0 Å². The average Bonchev–Trinajstić information content (AvgIpc) is 2.98. The van der Waals surface area contributed by atoms with Gasteiger partial charge in [-0.15, -0.1) is 0 Å². The second-order valence-corrected chi connectivity index (χ2v) is 6.16. The number of aryl methyl sites for hydroxylation is 2. The summed E-state index contributed by atoms with van der Waals surface area (Å²) < 4.78 is 2.14. The lowest BCUT2D eigenvalue weighted by Gasteiger charge is -2.09. The Bertz CT molecular complexity index is 976. The number of nitrogens with zero attached hydrogens (tertiary/aromatic N) is 2. The molecule has 0 radical (unpaired) electrons. The van der Waals surface area contributed by atoms with Crippen molar-refractivity contribution < 1.29 is 14.7 Å². The maximum atomic E-state index is 12.4. The molecule has 0 unspecified atom stereocenters. The molecule has 0 atom stereocenters. The fourth-order valence-corrected chi connectivity index (χ4v) is 3.10. The van der Waals surface area contributed by atoms with Gasteiger partial charge in [-0.3, -0.25) is 4.79 Å². The lowest BCUT2D eigenvalue weighted by atomic mass is 10.1. The van der Waals surface area contributed by atoms with Crippen LogP contribution < -0.4 is 5.32 Å². The Morgan fingerprint density at radius 1 is 1.15 bits per heavy atom. The first-order valence-electron chi connectivity index (χ1n) is 8.57. The third-order valence-electron chi connectivity index (χ3n) is 4.27. The van der Waals surface area contributed by atoms with Gasteiger partial charge in [0.1, 0.15) is 5.82 Å². The van der Waals surface area contributed by atoms with Crippen LogP contribution >= 0.6 is 0 Å². The predicted molar refractivity (Wildman–Crippen MR) is 99.6 cm³/mol. The monoisotopic (exact) mass is 351 g/mol. The zero-order chi connectivity index (χ0) is 18.7. The Balaban J connectivity index is 1.70. The number of nitrogens with one attached hydrogen (secondary N) is 1. The van der Waals surface area contributed by atoms with Crippen LogP contribution in [0.2, 0.25) is 0 Å². The Labute approximate surface area is 151 Å². The highest BCUT2D eigenvalue weighted by atomic mass is 16.4. The number of imidazole rings is 1. The van der Waals surface area contributed by atoms with Crippen molar-refractivity contribution in [3.8, 4) is 0 Å². The maximum Gasteiger partial charge on any atom is 0.335 e. The number of amides is 1. The van der Waals surface area contributed by atoms with Crippen LogP contribution in [0, 0.1) is 6.92 Å². The SMILES string of the molecule is CCn1c(CCNC(=O)c2cc(C)cc(C(=O)O)c2)nc2ccccc21. The van der Waals surface area contributed by atoms with Gasteiger partial charge in [-0.2, -0.15) is 0 Å². The first-order chi connectivity index (χ1) is 12.5. The summed E-state index contributed by atoms with van der Waals surface area (Å²) in [6.07, 6.45) is 0.603. The summed E-state index contributed by atoms with van der Waals surface area (Å²) in [7, 11) is 0. The molecule has 0 saturated carbocycles. The van der Waals surface area contributed by atoms with E-state index in [4.69, 9.17) is 5.11 Å². The number of hydrogen-bond acceptors (Lipinski definition) is 3. The van der Waals surface area contributed by atoms with Gasteiger partial charge >= 0.3 is 5.97 Å². The molecule has 134 valence electrons. The topological polar surface area (TPSA) is 84.2 Å². The van der Waals surface area contributed by atoms with Gasteiger partial charge in [0.25, 0.3) is 5.91 Å². The molecule has 6 heteroatoms. The second kappa shape index (κ2) is 7.39. The zero-order valence-corrected chi connectivity index (χ0v) is 14.8. The van der Waals surface area contributed by atoms with Crippen molar-refractivity contribution in [2.45, 2.75) is 26.8 Å². The van der Waals surface area contributed by atoms with Gasteiger partial charge in [0, 0.05) is 25.1 Å². The van der Waals surface area contributed by atoms with E-state index in [1.165, 1.54) is 6.07 Å². The number of carboxylic acid groups (broad SMARTS) is 1. The molecule has 26 heavy (non-hydrogen) atoms. The van der Waals surface area contributed by atoms with E-state index in [1.54, 1.807) is 19.1 Å². The molecule has 3 aromatic rings. The normalized spacial score (nSPS) is 10.8. The molecular formula is C20H21N3O3. The standard InChI is InChI=1S/C20H21N3O3/c1-3-23-17-7-5-4-6-16(17)22-18(23)8-9-21-19(24)14-10-13(2)11-15(12-14)20(25)26/h4-7,10-12H,3,8-9H2,1-2H3,(H,21,24)(H,25,26). The van der Waals surface area contributed by atoms with Gasteiger partial charge in [-0.05, 0) is 49.7 Å². The van der Waals surface area contributed by atoms with Crippen LogP contribution in [0.1, 0.15) is 39.0 Å². The summed E-state index contributed by atoms with van der Waals surface area (Å²) in [6, 6.07) is 12.6. The van der Waals surface area contributed by atoms with Crippen molar-refractivity contribution >= 4 is 22.9 Å². The predicted octanol–water partition coefficient (Wildman–Crippen LogP) is 3.04. The molecule has 2 N–H and O–H groups in total. The third kappa shape index (κ3) is 3.59. The molecule has 2 aromatic carbocycles. The maximum absolute atomic E-state index is 12.4. The number of aromatic carboxylic acids is 1. The average molecular weight is 351 g/mol. The molecule has 6 nitrogen and oxygen atoms in total. The number of hydrogen-bond donors (Lipinski definition) is 2. The summed E-state index contributed by atoms with van der Waals surface area (Å²) in [6.45, 7) is 5.07. The number of carbonyl (C=O) groups is 2. The van der Waals surface area contributed by atoms with E-state index < -0.39 is 5.97 Å². The van der Waals surface area contributed by atoms with Crippen LogP contribution in [0.3, 0.4) is 0 Å². The summed E-state index contributed by atoms with van der Waals surface area (Å²) in [5.74, 6) is -0.403. The van der Waals surface area contributed by atoms with E-state index in [1.807, 2.05) is 24.3 Å². The Morgan fingerprint density at radius 2 is 1.88 bits per heavy atom. The molecule has 0 fully saturated rings. The molecule has 0 aliphatic rings. The van der Waals surface area contributed by atoms with Crippen molar-refractivity contribution in [1.29, 1.82) is 0 Å². The highest BCUT2D eigenvalue weighted by Gasteiger charge is 2.12. The van der Waals surface area contributed by atoms with Crippen LogP contribution in [-0.2, 0) is 13.0 Å². The molecule has 0 aliphatic heterocycles. The van der Waals surface area contributed by atoms with Gasteiger partial charge in [0.15, 0.2) is 0 Å². The molecule has 1 aromatic heterocycles. The van der Waals surface area contributed by atoms with Crippen LogP contribution in [0.25, 0.3) is 11.0 Å². The lowest BCUT2D eigenvalue weighted by molar-refractivity contribution is 0.0696. The van der Waals surface area contributed by atoms with E-state index in [9.17, 15) is 9.59 Å². The lowest BCUT2D eigenvalue weighted by Crippen LogP contribution is -2.26. The minimum absolute atomic E-state index is 0.114. The zero-order valence-electron chi connectivity index (χ0n) is 14.8. The number of carboxylic acids is 1. The smallest absolute Gasteiger partial charge is 0.335 e. The fraction of sp³-hybridized carbons (Fsp3) is 0.250. The van der Waals surface area contributed by atoms with Crippen LogP contribution in [-0.4, -0.2) is 33.1 Å². The summed E-state index contributed by atoms with van der Waals surface area (Å²) in [5.41, 5.74) is 3.23. The van der Waals surface area contributed by atoms with Crippen LogP contribution in [0.4, 0.5) is 0 Å². The van der Waals surface area contributed by atoms with E-state index in [-0.39, 0.29) is 11.5 Å². The number of para-hydroxylation sites is 2. The van der Waals surface area contributed by atoms with Crippen molar-refractivity contribution in [2.75, 3.05) is 6.54 Å². The summed E-state index contributed by atoms with van der Waals surface area (Å²) >= 11 is 0. The highest BCUT2D eigenvalue weighted by molar-refractivity contribution is 5.97. The largest absolute Gasteiger partial charge is 0.478 e. The molecule has 1 amide bonds. The number of fused-ring (bicyclic) bond motifs is 1. The van der Waals surface area contributed by atoms with Gasteiger partial charge < -0.3 is 15.0 Å². The van der Waals surface area contributed by atoms with Gasteiger partial charge in [0.2, 0.25) is 0 Å². The first-order valence-corrected chi connectivity index (χ1v) is 8.57. The van der Waals surface area contributed by atoms with Crippen LogP contribution in [0.5, 0.6) is 0 Å². The molecule has 3 rings (SSSR count). The second-order valence-electron chi connectivity index (χ2n) is 6.16. The molecule has 1 heterocycles. The quantitative estimate of drug-likeness (QED) is 0.715. The number of aromatic nitrogens is 2. The minimum Gasteiger partial charge on any atom is -0.478 e. The number of carbonyl (C=O) groups excluding carboxylic acids is 1. The van der Waals surface area contributed by atoms with Crippen molar-refractivity contribution in [3.05, 3.63) is 65.0 Å². The fourth-order valence-electron chi connectivity index (χ4n) is 3.10. The Hall–Kier alpha value is -3.15. The first kappa shape index (κ1) is 17.7. The Kier molecular flexibility index (Phi) is 5.02. The molecule has 0 bridgehead atoms. The van der Waals surface area contributed by atoms with Crippen molar-refractivity contribution in [3.63, 3.8) is 0 Å². The van der Waals surface area contributed by atoms with Gasteiger partial charge in [0.05, 0.1) is 16.6 Å². The molecule has 0 aliphatic carbocycles. The van der Waals surface area contributed by atoms with Gasteiger partial charge in [-0.1, -0.05) is 12.1 Å². The summed E-state index contributed by atoms with van der Waals surface area (Å²) in [5, 5.41) is 12.0. The van der Waals surface area contributed by atoms with E-state index >= 15 is 0 Å². The molecule has 0 spiro atoms.